The molecule has 0 unspecified atom stereocenters. The van der Waals surface area contributed by atoms with Crippen LogP contribution in [-0.2, 0) is 0 Å². The molecule has 0 N–H and O–H groups in total. The number of nitriles is 1. The number of rotatable bonds is 4. The van der Waals surface area contributed by atoms with Gasteiger partial charge in [0.1, 0.15) is 11.2 Å². The maximum atomic E-state index is 9.84. The van der Waals surface area contributed by atoms with Gasteiger partial charge in [0.2, 0.25) is 5.95 Å². The van der Waals surface area contributed by atoms with Crippen LogP contribution in [0.1, 0.15) is 5.56 Å². The molecule has 6 aromatic carbocycles. The summed E-state index contributed by atoms with van der Waals surface area (Å²) in [7, 11) is 0. The second kappa shape index (κ2) is 10.3. The van der Waals surface area contributed by atoms with Gasteiger partial charge in [-0.15, -0.1) is 0 Å². The number of para-hydroxylation sites is 3. The Hall–Kier alpha value is -6.58. The molecule has 0 aliphatic heterocycles. The smallest absolute Gasteiger partial charge is 0.238 e. The molecule has 6 nitrogen and oxygen atoms in total. The Balaban J connectivity index is 1.32. The fourth-order valence-electron chi connectivity index (χ4n) is 6.41. The van der Waals surface area contributed by atoms with Crippen LogP contribution < -0.4 is 0 Å². The molecule has 0 amide bonds. The summed E-state index contributed by atoms with van der Waals surface area (Å²) in [6.45, 7) is 0. The van der Waals surface area contributed by atoms with E-state index in [9.17, 15) is 5.26 Å². The topological polar surface area (TPSA) is 80.5 Å². The van der Waals surface area contributed by atoms with Gasteiger partial charge in [-0.1, -0.05) is 109 Å². The molecule has 0 radical (unpaired) electrons. The first-order valence-electron chi connectivity index (χ1n) is 15.0. The van der Waals surface area contributed by atoms with Gasteiger partial charge in [0, 0.05) is 27.1 Å². The summed E-state index contributed by atoms with van der Waals surface area (Å²) in [6, 6.07) is 48.9. The van der Waals surface area contributed by atoms with Crippen molar-refractivity contribution in [3.05, 3.63) is 145 Å². The average Bonchev–Trinajstić information content (AvgIpc) is 3.68. The number of hydrogen-bond donors (Lipinski definition) is 0. The lowest BCUT2D eigenvalue weighted by molar-refractivity contribution is 0.669. The van der Waals surface area contributed by atoms with Crippen LogP contribution in [0.25, 0.3) is 83.6 Å². The van der Waals surface area contributed by atoms with Crippen molar-refractivity contribution < 1.29 is 4.42 Å². The predicted octanol–water partition coefficient (Wildman–Crippen LogP) is 9.74. The molecule has 0 spiro atoms. The van der Waals surface area contributed by atoms with E-state index in [1.165, 1.54) is 0 Å². The van der Waals surface area contributed by atoms with Gasteiger partial charge in [-0.25, -0.2) is 4.98 Å². The zero-order valence-electron chi connectivity index (χ0n) is 24.4. The van der Waals surface area contributed by atoms with Crippen LogP contribution in [-0.4, -0.2) is 19.5 Å². The van der Waals surface area contributed by atoms with Crippen LogP contribution in [0.2, 0.25) is 0 Å². The summed E-state index contributed by atoms with van der Waals surface area (Å²) in [5, 5.41) is 13.7. The standard InChI is InChI=1S/C40H23N5O/c41-24-28-12-8-19-35-36(28)31-15-9-16-32(37(31)46-35)39-42-38(27-22-20-26(21-23-27)25-10-2-1-3-11-25)43-40(44-39)45-33-17-6-4-13-29(33)30-14-5-7-18-34(30)45/h1-23H. The van der Waals surface area contributed by atoms with Crippen LogP contribution in [0, 0.1) is 11.3 Å². The van der Waals surface area contributed by atoms with Gasteiger partial charge in [0.15, 0.2) is 11.6 Å². The van der Waals surface area contributed by atoms with E-state index in [2.05, 4.69) is 83.4 Å². The van der Waals surface area contributed by atoms with Gasteiger partial charge in [-0.3, -0.25) is 4.57 Å². The highest BCUT2D eigenvalue weighted by Crippen LogP contribution is 2.38. The summed E-state index contributed by atoms with van der Waals surface area (Å²) < 4.78 is 8.50. The van der Waals surface area contributed by atoms with Gasteiger partial charge in [-0.2, -0.15) is 15.2 Å². The summed E-state index contributed by atoms with van der Waals surface area (Å²) in [4.78, 5) is 15.3. The van der Waals surface area contributed by atoms with Crippen LogP contribution in [0.15, 0.2) is 144 Å². The highest BCUT2D eigenvalue weighted by atomic mass is 16.3. The molecule has 0 fully saturated rings. The lowest BCUT2D eigenvalue weighted by Crippen LogP contribution is -2.06. The Bertz CT molecular complexity index is 2590. The third kappa shape index (κ3) is 4.00. The fraction of sp³-hybridized carbons (Fsp3) is 0. The predicted molar refractivity (Wildman–Crippen MR) is 182 cm³/mol. The van der Waals surface area contributed by atoms with Crippen molar-refractivity contribution in [3.63, 3.8) is 0 Å². The maximum Gasteiger partial charge on any atom is 0.238 e. The van der Waals surface area contributed by atoms with Crippen molar-refractivity contribution in [2.45, 2.75) is 0 Å². The number of hydrogen-bond acceptors (Lipinski definition) is 5. The molecule has 46 heavy (non-hydrogen) atoms. The Morgan fingerprint density at radius 1 is 0.522 bits per heavy atom. The van der Waals surface area contributed by atoms with Crippen molar-refractivity contribution >= 4 is 43.7 Å². The molecule has 0 saturated carbocycles. The molecule has 0 atom stereocenters. The minimum Gasteiger partial charge on any atom is -0.455 e. The largest absolute Gasteiger partial charge is 0.455 e. The molecule has 9 rings (SSSR count). The van der Waals surface area contributed by atoms with Gasteiger partial charge in [-0.05, 0) is 41.5 Å². The quantitative estimate of drug-likeness (QED) is 0.204. The molecular formula is C40H23N5O. The maximum absolute atomic E-state index is 9.84. The number of fused-ring (bicyclic) bond motifs is 6. The van der Waals surface area contributed by atoms with Crippen molar-refractivity contribution in [2.24, 2.45) is 0 Å². The van der Waals surface area contributed by atoms with Gasteiger partial charge >= 0.3 is 0 Å². The first kappa shape index (κ1) is 25.9. The first-order chi connectivity index (χ1) is 22.8. The Kier molecular flexibility index (Phi) is 5.77. The third-order valence-electron chi connectivity index (χ3n) is 8.54. The van der Waals surface area contributed by atoms with Gasteiger partial charge in [0.25, 0.3) is 0 Å². The Morgan fingerprint density at radius 2 is 1.13 bits per heavy atom. The minimum absolute atomic E-state index is 0.483. The second-order valence-electron chi connectivity index (χ2n) is 11.2. The van der Waals surface area contributed by atoms with E-state index < -0.39 is 0 Å². The van der Waals surface area contributed by atoms with Crippen LogP contribution in [0.3, 0.4) is 0 Å². The molecule has 0 aliphatic carbocycles. The van der Waals surface area contributed by atoms with Crippen molar-refractivity contribution in [1.29, 1.82) is 5.26 Å². The van der Waals surface area contributed by atoms with Crippen molar-refractivity contribution in [1.82, 2.24) is 19.5 Å². The molecule has 0 bridgehead atoms. The zero-order chi connectivity index (χ0) is 30.6. The van der Waals surface area contributed by atoms with Crippen LogP contribution >= 0.6 is 0 Å². The minimum atomic E-state index is 0.483. The third-order valence-corrected chi connectivity index (χ3v) is 8.54. The number of aromatic nitrogens is 4. The molecule has 0 saturated heterocycles. The van der Waals surface area contributed by atoms with Crippen LogP contribution in [0.5, 0.6) is 0 Å². The van der Waals surface area contributed by atoms with E-state index in [1.54, 1.807) is 0 Å². The first-order valence-corrected chi connectivity index (χ1v) is 15.0. The average molecular weight is 590 g/mol. The normalized spacial score (nSPS) is 11.5. The van der Waals surface area contributed by atoms with E-state index in [-0.39, 0.29) is 0 Å². The molecular weight excluding hydrogens is 566 g/mol. The van der Waals surface area contributed by atoms with Gasteiger partial charge in [0.05, 0.1) is 28.2 Å². The molecule has 9 aromatic rings. The lowest BCUT2D eigenvalue weighted by Gasteiger charge is -2.11. The zero-order valence-corrected chi connectivity index (χ0v) is 24.4. The molecule has 0 aliphatic rings. The monoisotopic (exact) mass is 589 g/mol. The highest BCUT2D eigenvalue weighted by Gasteiger charge is 2.21. The molecule has 6 heteroatoms. The van der Waals surface area contributed by atoms with E-state index in [0.29, 0.717) is 34.3 Å². The summed E-state index contributed by atoms with van der Waals surface area (Å²) in [6.07, 6.45) is 0. The number of benzene rings is 6. The summed E-state index contributed by atoms with van der Waals surface area (Å²) >= 11 is 0. The van der Waals surface area contributed by atoms with E-state index >= 15 is 0 Å². The lowest BCUT2D eigenvalue weighted by atomic mass is 10.0. The number of furan rings is 1. The summed E-state index contributed by atoms with van der Waals surface area (Å²) in [5.74, 6) is 1.54. The van der Waals surface area contributed by atoms with E-state index in [4.69, 9.17) is 19.4 Å². The molecule has 3 heterocycles. The molecule has 3 aromatic heterocycles. The molecule has 214 valence electrons. The van der Waals surface area contributed by atoms with E-state index in [1.807, 2.05) is 66.7 Å². The Morgan fingerprint density at radius 3 is 1.87 bits per heavy atom. The summed E-state index contributed by atoms with van der Waals surface area (Å²) in [5.41, 5.74) is 7.71. The number of nitrogens with zero attached hydrogens (tertiary/aromatic N) is 5. The van der Waals surface area contributed by atoms with Crippen molar-refractivity contribution in [3.8, 4) is 45.9 Å². The van der Waals surface area contributed by atoms with E-state index in [0.717, 1.165) is 54.8 Å². The van der Waals surface area contributed by atoms with Crippen LogP contribution in [0.4, 0.5) is 0 Å². The van der Waals surface area contributed by atoms with Crippen molar-refractivity contribution in [2.75, 3.05) is 0 Å². The SMILES string of the molecule is N#Cc1cccc2oc3c(-c4nc(-c5ccc(-c6ccccc6)cc5)nc(-n5c6ccccc6c6ccccc65)n4)cccc3c12. The highest BCUT2D eigenvalue weighted by molar-refractivity contribution is 6.11. The second-order valence-corrected chi connectivity index (χ2v) is 11.2. The fourth-order valence-corrected chi connectivity index (χ4v) is 6.41. The Labute approximate surface area is 263 Å². The van der Waals surface area contributed by atoms with Gasteiger partial charge < -0.3 is 4.42 Å².